The first-order valence-corrected chi connectivity index (χ1v) is 14.0. The van der Waals surface area contributed by atoms with E-state index in [2.05, 4.69) is 34.6 Å². The van der Waals surface area contributed by atoms with Gasteiger partial charge in [-0.25, -0.2) is 0 Å². The summed E-state index contributed by atoms with van der Waals surface area (Å²) in [4.78, 5) is 12.8. The van der Waals surface area contributed by atoms with Crippen molar-refractivity contribution in [1.29, 1.82) is 0 Å². The van der Waals surface area contributed by atoms with Crippen LogP contribution in [0.2, 0.25) is 0 Å². The average molecular weight is 491 g/mol. The van der Waals surface area contributed by atoms with Crippen molar-refractivity contribution in [1.82, 2.24) is 0 Å². The van der Waals surface area contributed by atoms with Crippen LogP contribution in [-0.4, -0.2) is 44.7 Å². The second kappa shape index (κ2) is 8.64. The normalized spacial score (nSPS) is 50.2. The third-order valence-electron chi connectivity index (χ3n) is 10.7. The van der Waals surface area contributed by atoms with Gasteiger partial charge < -0.3 is 19.7 Å². The Labute approximate surface area is 213 Å². The van der Waals surface area contributed by atoms with Crippen molar-refractivity contribution in [2.45, 2.75) is 142 Å². The number of ketones is 1. The van der Waals surface area contributed by atoms with Gasteiger partial charge in [0.1, 0.15) is 5.60 Å². The maximum absolute atomic E-state index is 12.8. The summed E-state index contributed by atoms with van der Waals surface area (Å²) in [6.07, 6.45) is 11.3. The topological polar surface area (TPSA) is 76.0 Å². The maximum atomic E-state index is 12.8. The van der Waals surface area contributed by atoms with E-state index in [0.717, 1.165) is 32.1 Å². The maximum Gasteiger partial charge on any atom is 0.188 e. The Balaban J connectivity index is 1.67. The molecule has 2 aliphatic carbocycles. The van der Waals surface area contributed by atoms with Crippen molar-refractivity contribution < 1.29 is 24.5 Å². The van der Waals surface area contributed by atoms with Crippen LogP contribution in [0.25, 0.3) is 0 Å². The Kier molecular flexibility index (Phi) is 6.74. The summed E-state index contributed by atoms with van der Waals surface area (Å²) < 4.78 is 13.2. The molecule has 2 heterocycles. The van der Waals surface area contributed by atoms with Gasteiger partial charge in [-0.15, -0.1) is 0 Å². The first-order chi connectivity index (χ1) is 16.0. The van der Waals surface area contributed by atoms with E-state index in [1.807, 2.05) is 32.9 Å². The quantitative estimate of drug-likeness (QED) is 0.467. The Bertz CT molecular complexity index is 859. The van der Waals surface area contributed by atoms with Gasteiger partial charge in [-0.3, -0.25) is 4.79 Å². The van der Waals surface area contributed by atoms with E-state index in [1.165, 1.54) is 6.42 Å². The van der Waals surface area contributed by atoms with Crippen molar-refractivity contribution in [3.8, 4) is 0 Å². The van der Waals surface area contributed by atoms with Gasteiger partial charge in [-0.2, -0.15) is 0 Å². The highest BCUT2D eigenvalue weighted by atomic mass is 16.6. The second-order valence-corrected chi connectivity index (χ2v) is 14.3. The molecular weight excluding hydrogens is 440 g/mol. The molecule has 0 aromatic heterocycles. The minimum absolute atomic E-state index is 0.0555. The number of ether oxygens (including phenoxy) is 2. The summed E-state index contributed by atoms with van der Waals surface area (Å²) in [5, 5.41) is 23.5. The van der Waals surface area contributed by atoms with Crippen molar-refractivity contribution in [3.63, 3.8) is 0 Å². The predicted molar refractivity (Wildman–Crippen MR) is 138 cm³/mol. The summed E-state index contributed by atoms with van der Waals surface area (Å²) in [7, 11) is 0. The number of carbonyl (C=O) groups is 1. The molecular formula is C30H50O5. The summed E-state index contributed by atoms with van der Waals surface area (Å²) in [6.45, 7) is 16.7. The highest BCUT2D eigenvalue weighted by Crippen LogP contribution is 2.56. The molecule has 2 aliphatic heterocycles. The molecule has 4 aliphatic rings. The van der Waals surface area contributed by atoms with Gasteiger partial charge in [0, 0.05) is 23.7 Å². The molecule has 0 amide bonds. The molecule has 5 nitrogen and oxygen atoms in total. The number of hydrogen-bond acceptors (Lipinski definition) is 5. The monoisotopic (exact) mass is 490 g/mol. The molecule has 4 fully saturated rings. The highest BCUT2D eigenvalue weighted by Gasteiger charge is 2.57. The van der Waals surface area contributed by atoms with Crippen molar-refractivity contribution in [2.75, 3.05) is 0 Å². The summed E-state index contributed by atoms with van der Waals surface area (Å²) in [5.41, 5.74) is -2.37. The molecule has 2 N–H and O–H groups in total. The summed E-state index contributed by atoms with van der Waals surface area (Å²) in [6, 6.07) is 0. The second-order valence-electron chi connectivity index (χ2n) is 14.3. The van der Waals surface area contributed by atoms with Crippen LogP contribution in [0.4, 0.5) is 0 Å². The molecule has 5 heteroatoms. The van der Waals surface area contributed by atoms with E-state index in [9.17, 15) is 15.0 Å². The van der Waals surface area contributed by atoms with Gasteiger partial charge in [-0.05, 0) is 90.0 Å². The highest BCUT2D eigenvalue weighted by molar-refractivity contribution is 5.86. The molecule has 0 bridgehead atoms. The molecule has 200 valence electrons. The first-order valence-electron chi connectivity index (χ1n) is 14.0. The van der Waals surface area contributed by atoms with Crippen LogP contribution >= 0.6 is 0 Å². The van der Waals surface area contributed by atoms with Crippen LogP contribution in [0, 0.1) is 28.6 Å². The van der Waals surface area contributed by atoms with Crippen molar-refractivity contribution in [2.24, 2.45) is 28.6 Å². The Morgan fingerprint density at radius 1 is 0.914 bits per heavy atom. The van der Waals surface area contributed by atoms with Crippen molar-refractivity contribution in [3.05, 3.63) is 12.2 Å². The summed E-state index contributed by atoms with van der Waals surface area (Å²) in [5.74, 6) is -1.19. The number of rotatable bonds is 2. The van der Waals surface area contributed by atoms with Gasteiger partial charge in [-0.1, -0.05) is 40.2 Å². The van der Waals surface area contributed by atoms with Gasteiger partial charge >= 0.3 is 0 Å². The fourth-order valence-electron chi connectivity index (χ4n) is 8.28. The third-order valence-corrected chi connectivity index (χ3v) is 10.7. The third kappa shape index (κ3) is 4.69. The lowest BCUT2D eigenvalue weighted by atomic mass is 9.57. The van der Waals surface area contributed by atoms with E-state index in [1.54, 1.807) is 0 Å². The van der Waals surface area contributed by atoms with Gasteiger partial charge in [0.2, 0.25) is 0 Å². The average Bonchev–Trinajstić information content (AvgIpc) is 2.88. The van der Waals surface area contributed by atoms with E-state index in [-0.39, 0.29) is 34.7 Å². The smallest absolute Gasteiger partial charge is 0.188 e. The van der Waals surface area contributed by atoms with E-state index < -0.39 is 22.4 Å². The SMILES string of the molecule is CC1CCC2C(C)(C)CCCC2(C)OC1(O)/C=C/C1[C@@]2(C)CCC(=O)C(C)(C)OC2CC[C@]1(C)O. The van der Waals surface area contributed by atoms with Crippen LogP contribution in [0.5, 0.6) is 0 Å². The standard InChI is InChI=1S/C30H50O5/c1-20-10-11-21-25(2,3)15-9-16-29(21,8)35-30(20,33)19-12-22-27(6)17-13-23(31)26(4,5)34-24(27)14-18-28(22,7)32/h12,19-22,24,32-33H,9-11,13-18H2,1-8H3/b19-12+/t20?,21?,22?,24?,27-,28+,29?,30?/m1/s1. The first kappa shape index (κ1) is 27.3. The van der Waals surface area contributed by atoms with E-state index in [4.69, 9.17) is 9.47 Å². The largest absolute Gasteiger partial charge is 0.390 e. The predicted octanol–water partition coefficient (Wildman–Crippen LogP) is 5.96. The minimum atomic E-state index is -1.39. The molecule has 8 atom stereocenters. The number of carbonyl (C=O) groups excluding carboxylic acids is 1. The lowest BCUT2D eigenvalue weighted by molar-refractivity contribution is -0.275. The van der Waals surface area contributed by atoms with E-state index in [0.29, 0.717) is 25.2 Å². The lowest BCUT2D eigenvalue weighted by Crippen LogP contribution is -2.56. The van der Waals surface area contributed by atoms with Crippen molar-refractivity contribution >= 4 is 5.78 Å². The van der Waals surface area contributed by atoms with Crippen LogP contribution in [0.1, 0.15) is 113 Å². The number of Topliss-reactive ketones (excluding diaryl/α,β-unsaturated/α-hetero) is 1. The number of fused-ring (bicyclic) bond motifs is 2. The molecule has 0 radical (unpaired) electrons. The zero-order valence-electron chi connectivity index (χ0n) is 23.4. The van der Waals surface area contributed by atoms with E-state index >= 15 is 0 Å². The molecule has 35 heavy (non-hydrogen) atoms. The Hall–Kier alpha value is -0.750. The molecule has 2 saturated heterocycles. The molecule has 0 aromatic rings. The number of hydrogen-bond donors (Lipinski definition) is 2. The van der Waals surface area contributed by atoms with Gasteiger partial charge in [0.05, 0.1) is 17.3 Å². The number of aliphatic hydroxyl groups is 2. The molecule has 2 saturated carbocycles. The van der Waals surface area contributed by atoms with Gasteiger partial charge in [0.15, 0.2) is 11.6 Å². The van der Waals surface area contributed by atoms with Crippen LogP contribution in [0.3, 0.4) is 0 Å². The zero-order chi connectivity index (χ0) is 26.1. The Morgan fingerprint density at radius 2 is 1.60 bits per heavy atom. The Morgan fingerprint density at radius 3 is 2.29 bits per heavy atom. The summed E-state index contributed by atoms with van der Waals surface area (Å²) >= 11 is 0. The fraction of sp³-hybridized carbons (Fsp3) is 0.900. The minimum Gasteiger partial charge on any atom is -0.390 e. The molecule has 0 spiro atoms. The van der Waals surface area contributed by atoms with Crippen LogP contribution in [0.15, 0.2) is 12.2 Å². The van der Waals surface area contributed by atoms with Crippen LogP contribution < -0.4 is 0 Å². The van der Waals surface area contributed by atoms with Crippen LogP contribution in [-0.2, 0) is 14.3 Å². The lowest BCUT2D eigenvalue weighted by Gasteiger charge is -2.53. The fourth-order valence-corrected chi connectivity index (χ4v) is 8.28. The zero-order valence-corrected chi connectivity index (χ0v) is 23.4. The van der Waals surface area contributed by atoms with Gasteiger partial charge in [0.25, 0.3) is 0 Å². The molecule has 0 aromatic carbocycles. The molecule has 6 unspecified atom stereocenters. The molecule has 4 rings (SSSR count).